The first kappa shape index (κ1) is 13.2. The molecule has 0 bridgehead atoms. The first-order valence-corrected chi connectivity index (χ1v) is 6.34. The van der Waals surface area contributed by atoms with Crippen molar-refractivity contribution in [2.45, 2.75) is 13.0 Å². The smallest absolute Gasteiger partial charge is 0.121 e. The van der Waals surface area contributed by atoms with Crippen molar-refractivity contribution in [3.05, 3.63) is 65.7 Å². The summed E-state index contributed by atoms with van der Waals surface area (Å²) in [4.78, 5) is 0. The molecule has 0 aliphatic carbocycles. The van der Waals surface area contributed by atoms with Crippen molar-refractivity contribution in [1.29, 1.82) is 0 Å². The van der Waals surface area contributed by atoms with E-state index in [1.54, 1.807) is 0 Å². The van der Waals surface area contributed by atoms with Gasteiger partial charge in [0.25, 0.3) is 0 Å². The van der Waals surface area contributed by atoms with Crippen molar-refractivity contribution >= 4 is 0 Å². The van der Waals surface area contributed by atoms with Gasteiger partial charge in [-0.1, -0.05) is 48.2 Å². The minimum atomic E-state index is 0.570. The molecule has 2 N–H and O–H groups in total. The summed E-state index contributed by atoms with van der Waals surface area (Å²) in [5.41, 5.74) is 7.52. The second-order valence-corrected chi connectivity index (χ2v) is 4.14. The molecule has 96 valence electrons. The van der Waals surface area contributed by atoms with E-state index in [0.29, 0.717) is 13.2 Å². The molecule has 19 heavy (non-hydrogen) atoms. The summed E-state index contributed by atoms with van der Waals surface area (Å²) in [5.74, 6) is 6.93. The van der Waals surface area contributed by atoms with Gasteiger partial charge >= 0.3 is 0 Å². The van der Waals surface area contributed by atoms with Gasteiger partial charge in [0.1, 0.15) is 12.4 Å². The second kappa shape index (κ2) is 7.25. The van der Waals surface area contributed by atoms with Gasteiger partial charge in [-0.25, -0.2) is 0 Å². The van der Waals surface area contributed by atoms with Gasteiger partial charge in [-0.05, 0) is 23.8 Å². The lowest BCUT2D eigenvalue weighted by molar-refractivity contribution is 0.306. The van der Waals surface area contributed by atoms with Crippen LogP contribution in [0.15, 0.2) is 54.6 Å². The van der Waals surface area contributed by atoms with E-state index in [0.717, 1.165) is 23.3 Å². The van der Waals surface area contributed by atoms with Crippen molar-refractivity contribution < 1.29 is 4.74 Å². The van der Waals surface area contributed by atoms with Gasteiger partial charge in [-0.2, -0.15) is 0 Å². The molecule has 0 spiro atoms. The molecule has 0 radical (unpaired) electrons. The highest BCUT2D eigenvalue weighted by molar-refractivity contribution is 5.39. The van der Waals surface area contributed by atoms with Crippen LogP contribution in [0, 0.1) is 11.8 Å². The number of rotatable bonds is 4. The Balaban J connectivity index is 1.98. The molecule has 0 heterocycles. The standard InChI is InChI=1S/C17H17NO/c18-12-5-4-7-15-10-6-11-17(13-15)19-14-16-8-2-1-3-9-16/h1-3,6,8-11,13H,5,12,14,18H2. The Bertz CT molecular complexity index is 567. The highest BCUT2D eigenvalue weighted by Gasteiger charge is 1.96. The van der Waals surface area contributed by atoms with E-state index in [2.05, 4.69) is 11.8 Å². The largest absolute Gasteiger partial charge is 0.489 e. The summed E-state index contributed by atoms with van der Waals surface area (Å²) in [7, 11) is 0. The van der Waals surface area contributed by atoms with Gasteiger partial charge < -0.3 is 10.5 Å². The molecular formula is C17H17NO. The molecule has 0 aromatic heterocycles. The molecule has 0 saturated carbocycles. The van der Waals surface area contributed by atoms with Crippen LogP contribution in [0.25, 0.3) is 0 Å². The van der Waals surface area contributed by atoms with E-state index >= 15 is 0 Å². The zero-order valence-corrected chi connectivity index (χ0v) is 10.8. The zero-order chi connectivity index (χ0) is 13.3. The van der Waals surface area contributed by atoms with Crippen molar-refractivity contribution in [2.24, 2.45) is 5.73 Å². The lowest BCUT2D eigenvalue weighted by Crippen LogP contribution is -1.96. The van der Waals surface area contributed by atoms with Crippen LogP contribution in [-0.4, -0.2) is 6.54 Å². The zero-order valence-electron chi connectivity index (χ0n) is 10.8. The van der Waals surface area contributed by atoms with Crippen molar-refractivity contribution in [3.8, 4) is 17.6 Å². The van der Waals surface area contributed by atoms with Crippen LogP contribution in [0.3, 0.4) is 0 Å². The number of ether oxygens (including phenoxy) is 1. The third kappa shape index (κ3) is 4.50. The van der Waals surface area contributed by atoms with E-state index in [1.807, 2.05) is 54.6 Å². The van der Waals surface area contributed by atoms with Crippen molar-refractivity contribution in [1.82, 2.24) is 0 Å². The molecule has 0 amide bonds. The Morgan fingerprint density at radius 3 is 2.63 bits per heavy atom. The third-order valence-electron chi connectivity index (χ3n) is 2.58. The van der Waals surface area contributed by atoms with Gasteiger partial charge in [0.05, 0.1) is 0 Å². The Labute approximate surface area is 114 Å². The molecule has 0 fully saturated rings. The van der Waals surface area contributed by atoms with Crippen molar-refractivity contribution in [3.63, 3.8) is 0 Å². The molecule has 2 nitrogen and oxygen atoms in total. The van der Waals surface area contributed by atoms with Gasteiger partial charge in [0.2, 0.25) is 0 Å². The van der Waals surface area contributed by atoms with Crippen LogP contribution >= 0.6 is 0 Å². The van der Waals surface area contributed by atoms with Crippen LogP contribution in [0.5, 0.6) is 5.75 Å². The molecule has 0 saturated heterocycles. The van der Waals surface area contributed by atoms with Gasteiger partial charge in [-0.3, -0.25) is 0 Å². The average molecular weight is 251 g/mol. The molecule has 0 aliphatic heterocycles. The predicted octanol–water partition coefficient (Wildman–Crippen LogP) is 2.97. The van der Waals surface area contributed by atoms with E-state index in [-0.39, 0.29) is 0 Å². The van der Waals surface area contributed by atoms with Crippen LogP contribution in [0.4, 0.5) is 0 Å². The maximum absolute atomic E-state index is 5.75. The summed E-state index contributed by atoms with van der Waals surface area (Å²) in [6.45, 7) is 1.16. The maximum atomic E-state index is 5.75. The Hall–Kier alpha value is -2.24. The van der Waals surface area contributed by atoms with Crippen LogP contribution in [0.2, 0.25) is 0 Å². The highest BCUT2D eigenvalue weighted by Crippen LogP contribution is 2.14. The molecule has 2 aromatic rings. The summed E-state index contributed by atoms with van der Waals surface area (Å²) in [6, 6.07) is 17.9. The summed E-state index contributed by atoms with van der Waals surface area (Å²) >= 11 is 0. The fourth-order valence-corrected chi connectivity index (χ4v) is 1.64. The minimum Gasteiger partial charge on any atom is -0.489 e. The molecular weight excluding hydrogens is 234 g/mol. The van der Waals surface area contributed by atoms with E-state index in [4.69, 9.17) is 10.5 Å². The quantitative estimate of drug-likeness (QED) is 0.848. The molecule has 2 aromatic carbocycles. The third-order valence-corrected chi connectivity index (χ3v) is 2.58. The molecule has 2 heteroatoms. The maximum Gasteiger partial charge on any atom is 0.121 e. The first-order valence-electron chi connectivity index (χ1n) is 6.34. The van der Waals surface area contributed by atoms with Gasteiger partial charge in [-0.15, -0.1) is 0 Å². The fraction of sp³-hybridized carbons (Fsp3) is 0.176. The van der Waals surface area contributed by atoms with Crippen molar-refractivity contribution in [2.75, 3.05) is 6.54 Å². The Morgan fingerprint density at radius 1 is 1.00 bits per heavy atom. The lowest BCUT2D eigenvalue weighted by atomic mass is 10.2. The molecule has 0 unspecified atom stereocenters. The highest BCUT2D eigenvalue weighted by atomic mass is 16.5. The van der Waals surface area contributed by atoms with E-state index in [1.165, 1.54) is 0 Å². The number of nitrogens with two attached hydrogens (primary N) is 1. The average Bonchev–Trinajstić information content (AvgIpc) is 2.47. The summed E-state index contributed by atoms with van der Waals surface area (Å²) in [6.07, 6.45) is 0.717. The monoisotopic (exact) mass is 251 g/mol. The second-order valence-electron chi connectivity index (χ2n) is 4.14. The number of benzene rings is 2. The molecule has 0 atom stereocenters. The lowest BCUT2D eigenvalue weighted by Gasteiger charge is -2.06. The van der Waals surface area contributed by atoms with E-state index in [9.17, 15) is 0 Å². The van der Waals surface area contributed by atoms with Crippen LogP contribution in [-0.2, 0) is 6.61 Å². The SMILES string of the molecule is NCCC#Cc1cccc(OCc2ccccc2)c1. The number of hydrogen-bond acceptors (Lipinski definition) is 2. The first-order chi connectivity index (χ1) is 9.38. The summed E-state index contributed by atoms with van der Waals surface area (Å²) < 4.78 is 5.75. The number of hydrogen-bond donors (Lipinski definition) is 1. The topological polar surface area (TPSA) is 35.2 Å². The normalized spacial score (nSPS) is 9.53. The fourth-order valence-electron chi connectivity index (χ4n) is 1.64. The van der Waals surface area contributed by atoms with Gasteiger partial charge in [0, 0.05) is 18.5 Å². The van der Waals surface area contributed by atoms with Gasteiger partial charge in [0.15, 0.2) is 0 Å². The van der Waals surface area contributed by atoms with E-state index < -0.39 is 0 Å². The van der Waals surface area contributed by atoms with Crippen LogP contribution < -0.4 is 10.5 Å². The molecule has 0 aliphatic rings. The Kier molecular flexibility index (Phi) is 5.04. The van der Waals surface area contributed by atoms with Crippen LogP contribution in [0.1, 0.15) is 17.5 Å². The summed E-state index contributed by atoms with van der Waals surface area (Å²) in [5, 5.41) is 0. The molecule has 2 rings (SSSR count). The predicted molar refractivity (Wildman–Crippen MR) is 77.8 cm³/mol. The minimum absolute atomic E-state index is 0.570. The Morgan fingerprint density at radius 2 is 1.84 bits per heavy atom.